The SMILES string of the molecule is CC(=O)c1c(C2CC3CC[C@@H](C2)N3C(=O)CO)nc2c(-c3ccc(-c4cc(F)cc(F)c4)nc3)cnn2c1N. The summed E-state index contributed by atoms with van der Waals surface area (Å²) in [6.07, 6.45) is 6.09. The van der Waals surface area contributed by atoms with Crippen molar-refractivity contribution < 1.29 is 23.5 Å². The average Bonchev–Trinajstić information content (AvgIpc) is 3.45. The second-order valence-corrected chi connectivity index (χ2v) is 10.2. The number of nitrogen functional groups attached to an aromatic ring is 1. The molecule has 200 valence electrons. The molecule has 2 bridgehead atoms. The van der Waals surface area contributed by atoms with Crippen LogP contribution in [0.2, 0.25) is 0 Å². The fraction of sp³-hybridized carbons (Fsp3) is 0.321. The lowest BCUT2D eigenvalue weighted by Gasteiger charge is -2.39. The van der Waals surface area contributed by atoms with Crippen LogP contribution in [0.3, 0.4) is 0 Å². The van der Waals surface area contributed by atoms with E-state index < -0.39 is 18.2 Å². The molecule has 2 fully saturated rings. The molecule has 5 heterocycles. The summed E-state index contributed by atoms with van der Waals surface area (Å²) in [4.78, 5) is 36.2. The Morgan fingerprint density at radius 2 is 1.74 bits per heavy atom. The molecule has 3 atom stereocenters. The van der Waals surface area contributed by atoms with E-state index in [0.29, 0.717) is 52.1 Å². The van der Waals surface area contributed by atoms with Crippen LogP contribution >= 0.6 is 0 Å². The van der Waals surface area contributed by atoms with E-state index in [2.05, 4.69) is 10.1 Å². The maximum absolute atomic E-state index is 13.7. The number of carbonyl (C=O) groups is 2. The number of hydrogen-bond acceptors (Lipinski definition) is 7. The number of carbonyl (C=O) groups excluding carboxylic acids is 2. The molecule has 0 radical (unpaired) electrons. The summed E-state index contributed by atoms with van der Waals surface area (Å²) in [5.41, 5.74) is 9.88. The first kappa shape index (κ1) is 25.1. The minimum atomic E-state index is -0.688. The average molecular weight is 533 g/mol. The molecule has 3 N–H and O–H groups in total. The Labute approximate surface area is 222 Å². The Morgan fingerprint density at radius 3 is 2.33 bits per heavy atom. The molecule has 2 unspecified atom stereocenters. The van der Waals surface area contributed by atoms with E-state index in [1.807, 2.05) is 0 Å². The summed E-state index contributed by atoms with van der Waals surface area (Å²) < 4.78 is 28.8. The number of halogens is 2. The topological polar surface area (TPSA) is 127 Å². The minimum Gasteiger partial charge on any atom is -0.387 e. The monoisotopic (exact) mass is 532 g/mol. The Bertz CT molecular complexity index is 1590. The largest absolute Gasteiger partial charge is 0.387 e. The molecule has 39 heavy (non-hydrogen) atoms. The highest BCUT2D eigenvalue weighted by Crippen LogP contribution is 2.44. The maximum Gasteiger partial charge on any atom is 0.248 e. The van der Waals surface area contributed by atoms with Gasteiger partial charge >= 0.3 is 0 Å². The maximum atomic E-state index is 13.7. The zero-order chi connectivity index (χ0) is 27.4. The van der Waals surface area contributed by atoms with Crippen molar-refractivity contribution in [1.82, 2.24) is 24.5 Å². The van der Waals surface area contributed by atoms with Gasteiger partial charge in [0, 0.05) is 47.0 Å². The predicted molar refractivity (Wildman–Crippen MR) is 139 cm³/mol. The summed E-state index contributed by atoms with van der Waals surface area (Å²) in [7, 11) is 0. The molecule has 11 heteroatoms. The number of nitrogens with two attached hydrogens (primary N) is 1. The molecule has 1 amide bonds. The lowest BCUT2D eigenvalue weighted by atomic mass is 9.85. The molecule has 6 rings (SSSR count). The lowest BCUT2D eigenvalue weighted by Crippen LogP contribution is -2.47. The summed E-state index contributed by atoms with van der Waals surface area (Å²) in [5.74, 6) is -1.77. The van der Waals surface area contributed by atoms with Crippen LogP contribution in [-0.2, 0) is 4.79 Å². The lowest BCUT2D eigenvalue weighted by molar-refractivity contribution is -0.138. The van der Waals surface area contributed by atoms with Crippen molar-refractivity contribution in [2.45, 2.75) is 50.6 Å². The molecule has 0 aliphatic carbocycles. The molecule has 0 saturated carbocycles. The number of ketones is 1. The molecule has 3 aromatic heterocycles. The normalized spacial score (nSPS) is 20.5. The van der Waals surface area contributed by atoms with E-state index in [9.17, 15) is 23.5 Å². The van der Waals surface area contributed by atoms with Crippen LogP contribution in [-0.4, -0.2) is 60.0 Å². The predicted octanol–water partition coefficient (Wildman–Crippen LogP) is 3.75. The number of rotatable bonds is 5. The van der Waals surface area contributed by atoms with Crippen molar-refractivity contribution >= 4 is 23.2 Å². The zero-order valence-electron chi connectivity index (χ0n) is 21.1. The number of nitrogens with zero attached hydrogens (tertiary/aromatic N) is 5. The number of hydrogen-bond donors (Lipinski definition) is 2. The number of aliphatic hydroxyl groups is 1. The van der Waals surface area contributed by atoms with Gasteiger partial charge in [0.25, 0.3) is 0 Å². The summed E-state index contributed by atoms with van der Waals surface area (Å²) in [6.45, 7) is 0.928. The zero-order valence-corrected chi connectivity index (χ0v) is 21.1. The van der Waals surface area contributed by atoms with E-state index >= 15 is 0 Å². The van der Waals surface area contributed by atoms with E-state index in [0.717, 1.165) is 18.9 Å². The first-order valence-electron chi connectivity index (χ1n) is 12.8. The third-order valence-corrected chi connectivity index (χ3v) is 7.84. The highest BCUT2D eigenvalue weighted by atomic mass is 19.1. The van der Waals surface area contributed by atoms with Gasteiger partial charge in [0.05, 0.1) is 23.1 Å². The summed E-state index contributed by atoms with van der Waals surface area (Å²) >= 11 is 0. The molecule has 0 spiro atoms. The van der Waals surface area contributed by atoms with Gasteiger partial charge in [-0.1, -0.05) is 6.07 Å². The van der Waals surface area contributed by atoms with E-state index in [-0.39, 0.29) is 35.5 Å². The Kier molecular flexibility index (Phi) is 6.10. The van der Waals surface area contributed by atoms with Gasteiger partial charge in [-0.3, -0.25) is 14.6 Å². The number of amides is 1. The van der Waals surface area contributed by atoms with E-state index in [1.165, 1.54) is 23.6 Å². The standard InChI is InChI=1S/C28H26F2N6O3/c1-14(38)25-26(17-8-20-3-4-21(9-17)35(20)24(39)13-37)34-28-22(12-33-36(28)27(25)31)15-2-5-23(32-11-15)16-6-18(29)10-19(30)7-16/h2,5-7,10-12,17,20-21,37H,3-4,8-9,13,31H2,1H3/t17?,20-,21?/m0/s1. The highest BCUT2D eigenvalue weighted by Gasteiger charge is 2.44. The third kappa shape index (κ3) is 4.22. The van der Waals surface area contributed by atoms with Crippen LogP contribution in [0, 0.1) is 11.6 Å². The van der Waals surface area contributed by atoms with E-state index in [4.69, 9.17) is 10.7 Å². The molecule has 2 aliphatic rings. The van der Waals surface area contributed by atoms with Crippen molar-refractivity contribution in [3.05, 3.63) is 65.6 Å². The van der Waals surface area contributed by atoms with Crippen molar-refractivity contribution in [3.8, 4) is 22.4 Å². The number of anilines is 1. The van der Waals surface area contributed by atoms with Crippen LogP contribution < -0.4 is 5.73 Å². The Morgan fingerprint density at radius 1 is 1.05 bits per heavy atom. The fourth-order valence-corrected chi connectivity index (χ4v) is 6.21. The summed E-state index contributed by atoms with van der Waals surface area (Å²) in [6, 6.07) is 6.60. The molecule has 2 aliphatic heterocycles. The van der Waals surface area contributed by atoms with Crippen molar-refractivity contribution in [3.63, 3.8) is 0 Å². The van der Waals surface area contributed by atoms with Crippen molar-refractivity contribution in [1.29, 1.82) is 0 Å². The van der Waals surface area contributed by atoms with Gasteiger partial charge < -0.3 is 15.7 Å². The molecule has 1 aromatic carbocycles. The number of Topliss-reactive ketones (excluding diaryl/α,β-unsaturated/α-hetero) is 1. The molecule has 2 saturated heterocycles. The third-order valence-electron chi connectivity index (χ3n) is 7.84. The molecule has 9 nitrogen and oxygen atoms in total. The van der Waals surface area contributed by atoms with Crippen molar-refractivity contribution in [2.75, 3.05) is 12.3 Å². The summed E-state index contributed by atoms with van der Waals surface area (Å²) in [5, 5.41) is 13.8. The van der Waals surface area contributed by atoms with Crippen LogP contribution in [0.1, 0.15) is 54.6 Å². The van der Waals surface area contributed by atoms with Gasteiger partial charge in [-0.2, -0.15) is 9.61 Å². The quantitative estimate of drug-likeness (QED) is 0.375. The van der Waals surface area contributed by atoms with Gasteiger partial charge in [-0.15, -0.1) is 0 Å². The number of fused-ring (bicyclic) bond motifs is 3. The Balaban J connectivity index is 1.40. The van der Waals surface area contributed by atoms with Gasteiger partial charge in [0.2, 0.25) is 5.91 Å². The second-order valence-electron chi connectivity index (χ2n) is 10.2. The highest BCUT2D eigenvalue weighted by molar-refractivity contribution is 6.00. The van der Waals surface area contributed by atoms with Crippen LogP contribution in [0.4, 0.5) is 14.6 Å². The van der Waals surface area contributed by atoms with Crippen molar-refractivity contribution in [2.24, 2.45) is 0 Å². The first-order valence-corrected chi connectivity index (χ1v) is 12.8. The van der Waals surface area contributed by atoms with Gasteiger partial charge in [0.15, 0.2) is 11.4 Å². The van der Waals surface area contributed by atoms with E-state index in [1.54, 1.807) is 29.4 Å². The van der Waals surface area contributed by atoms with Gasteiger partial charge in [0.1, 0.15) is 24.1 Å². The fourth-order valence-electron chi connectivity index (χ4n) is 6.21. The van der Waals surface area contributed by atoms with Gasteiger partial charge in [-0.25, -0.2) is 13.8 Å². The van der Waals surface area contributed by atoms with Crippen LogP contribution in [0.5, 0.6) is 0 Å². The van der Waals surface area contributed by atoms with Crippen LogP contribution in [0.25, 0.3) is 28.0 Å². The number of piperidine rings is 1. The first-order chi connectivity index (χ1) is 18.7. The minimum absolute atomic E-state index is 0.0266. The molecular weight excluding hydrogens is 506 g/mol. The number of benzene rings is 1. The second kappa shape index (κ2) is 9.49. The number of aromatic nitrogens is 4. The number of aliphatic hydroxyl groups excluding tert-OH is 1. The number of pyridine rings is 1. The Hall–Kier alpha value is -4.25. The molecular formula is C28H26F2N6O3. The smallest absolute Gasteiger partial charge is 0.248 e. The van der Waals surface area contributed by atoms with Gasteiger partial charge in [-0.05, 0) is 50.8 Å². The van der Waals surface area contributed by atoms with Crippen LogP contribution in [0.15, 0.2) is 42.7 Å². The molecule has 4 aromatic rings.